The summed E-state index contributed by atoms with van der Waals surface area (Å²) in [6.07, 6.45) is 1.32. The average molecular weight is 307 g/mol. The van der Waals surface area contributed by atoms with E-state index >= 15 is 0 Å². The van der Waals surface area contributed by atoms with Crippen molar-refractivity contribution < 1.29 is 4.74 Å². The standard InChI is InChI=1S/C14H15ClN4O2/c15-12-9-16-14(18-13(12)20)17-10-1-3-11(4-2-10)19-5-7-21-8-6-19/h1-4,9H,5-8H2,(H2,16,17,18,20). The van der Waals surface area contributed by atoms with Gasteiger partial charge in [0.2, 0.25) is 5.95 Å². The highest BCUT2D eigenvalue weighted by Crippen LogP contribution is 2.20. The molecule has 0 spiro atoms. The van der Waals surface area contributed by atoms with Crippen molar-refractivity contribution >= 4 is 28.9 Å². The molecule has 2 N–H and O–H groups in total. The van der Waals surface area contributed by atoms with Gasteiger partial charge in [-0.1, -0.05) is 11.6 Å². The zero-order valence-corrected chi connectivity index (χ0v) is 12.1. The van der Waals surface area contributed by atoms with Crippen LogP contribution < -0.4 is 15.8 Å². The van der Waals surface area contributed by atoms with E-state index in [1.54, 1.807) is 0 Å². The van der Waals surface area contributed by atoms with Crippen molar-refractivity contribution in [2.45, 2.75) is 0 Å². The van der Waals surface area contributed by atoms with Crippen LogP contribution in [0.5, 0.6) is 0 Å². The summed E-state index contributed by atoms with van der Waals surface area (Å²) in [4.78, 5) is 20.3. The first-order valence-corrected chi connectivity index (χ1v) is 7.05. The molecule has 6 nitrogen and oxygen atoms in total. The maximum atomic E-state index is 11.4. The molecule has 0 atom stereocenters. The van der Waals surface area contributed by atoms with Gasteiger partial charge in [-0.2, -0.15) is 0 Å². The molecular weight excluding hydrogens is 292 g/mol. The summed E-state index contributed by atoms with van der Waals surface area (Å²) < 4.78 is 5.34. The van der Waals surface area contributed by atoms with Crippen LogP contribution in [0.3, 0.4) is 0 Å². The molecule has 0 saturated carbocycles. The Morgan fingerprint density at radius 3 is 2.62 bits per heavy atom. The van der Waals surface area contributed by atoms with E-state index in [1.165, 1.54) is 6.20 Å². The summed E-state index contributed by atoms with van der Waals surface area (Å²) in [5.41, 5.74) is 1.64. The lowest BCUT2D eigenvalue weighted by Crippen LogP contribution is -2.36. The van der Waals surface area contributed by atoms with Crippen LogP contribution in [-0.2, 0) is 4.74 Å². The van der Waals surface area contributed by atoms with Crippen LogP contribution >= 0.6 is 11.6 Å². The van der Waals surface area contributed by atoms with E-state index in [-0.39, 0.29) is 10.6 Å². The molecule has 1 aliphatic heterocycles. The van der Waals surface area contributed by atoms with Crippen LogP contribution in [0.25, 0.3) is 0 Å². The van der Waals surface area contributed by atoms with Crippen molar-refractivity contribution in [3.8, 4) is 0 Å². The number of benzene rings is 1. The molecule has 3 rings (SSSR count). The van der Waals surface area contributed by atoms with Gasteiger partial charge in [0.25, 0.3) is 5.56 Å². The van der Waals surface area contributed by atoms with Crippen molar-refractivity contribution in [2.75, 3.05) is 36.5 Å². The second-order valence-electron chi connectivity index (χ2n) is 4.68. The predicted octanol–water partition coefficient (Wildman–Crippen LogP) is 2.00. The number of aromatic nitrogens is 2. The normalized spacial score (nSPS) is 15.0. The highest BCUT2D eigenvalue weighted by atomic mass is 35.5. The molecule has 110 valence electrons. The van der Waals surface area contributed by atoms with Crippen molar-refractivity contribution in [1.82, 2.24) is 9.97 Å². The van der Waals surface area contributed by atoms with Crippen molar-refractivity contribution in [1.29, 1.82) is 0 Å². The monoisotopic (exact) mass is 306 g/mol. The Labute approximate surface area is 126 Å². The fraction of sp³-hybridized carbons (Fsp3) is 0.286. The third kappa shape index (κ3) is 3.34. The summed E-state index contributed by atoms with van der Waals surface area (Å²) in [6, 6.07) is 7.95. The van der Waals surface area contributed by atoms with Gasteiger partial charge >= 0.3 is 0 Å². The molecule has 2 aromatic rings. The number of ether oxygens (including phenoxy) is 1. The molecule has 1 aliphatic rings. The highest BCUT2D eigenvalue weighted by Gasteiger charge is 2.10. The first-order valence-electron chi connectivity index (χ1n) is 6.67. The fourth-order valence-corrected chi connectivity index (χ4v) is 2.25. The van der Waals surface area contributed by atoms with Gasteiger partial charge in [0.1, 0.15) is 5.02 Å². The van der Waals surface area contributed by atoms with Gasteiger partial charge < -0.3 is 15.0 Å². The quantitative estimate of drug-likeness (QED) is 0.907. The van der Waals surface area contributed by atoms with Gasteiger partial charge in [-0.15, -0.1) is 0 Å². The topological polar surface area (TPSA) is 70.2 Å². The van der Waals surface area contributed by atoms with Gasteiger partial charge in [-0.25, -0.2) is 4.98 Å². The largest absolute Gasteiger partial charge is 0.378 e. The lowest BCUT2D eigenvalue weighted by molar-refractivity contribution is 0.122. The predicted molar refractivity (Wildman–Crippen MR) is 82.6 cm³/mol. The van der Waals surface area contributed by atoms with Crippen LogP contribution in [0.4, 0.5) is 17.3 Å². The molecule has 1 aromatic heterocycles. The Bertz CT molecular complexity index is 665. The Kier molecular flexibility index (Phi) is 4.08. The van der Waals surface area contributed by atoms with E-state index in [9.17, 15) is 4.79 Å². The lowest BCUT2D eigenvalue weighted by Gasteiger charge is -2.28. The summed E-state index contributed by atoms with van der Waals surface area (Å²) in [5, 5.41) is 3.11. The maximum Gasteiger partial charge on any atom is 0.271 e. The zero-order chi connectivity index (χ0) is 14.7. The minimum atomic E-state index is -0.362. The summed E-state index contributed by atoms with van der Waals surface area (Å²) in [7, 11) is 0. The molecule has 1 aromatic carbocycles. The third-order valence-electron chi connectivity index (χ3n) is 3.26. The van der Waals surface area contributed by atoms with Gasteiger partial charge in [0, 0.05) is 24.5 Å². The number of rotatable bonds is 3. The molecular formula is C14H15ClN4O2. The molecule has 2 heterocycles. The van der Waals surface area contributed by atoms with E-state index < -0.39 is 0 Å². The molecule has 0 unspecified atom stereocenters. The number of hydrogen-bond acceptors (Lipinski definition) is 5. The van der Waals surface area contributed by atoms with Crippen LogP contribution in [0.15, 0.2) is 35.3 Å². The molecule has 0 amide bonds. The highest BCUT2D eigenvalue weighted by molar-refractivity contribution is 6.30. The van der Waals surface area contributed by atoms with E-state index in [1.807, 2.05) is 24.3 Å². The van der Waals surface area contributed by atoms with Gasteiger partial charge in [-0.05, 0) is 24.3 Å². The Morgan fingerprint density at radius 2 is 1.95 bits per heavy atom. The smallest absolute Gasteiger partial charge is 0.271 e. The average Bonchev–Trinajstić information content (AvgIpc) is 2.53. The van der Waals surface area contributed by atoms with Crippen LogP contribution in [0.2, 0.25) is 5.02 Å². The fourth-order valence-electron chi connectivity index (χ4n) is 2.16. The van der Waals surface area contributed by atoms with E-state index in [2.05, 4.69) is 20.2 Å². The molecule has 21 heavy (non-hydrogen) atoms. The number of nitrogens with one attached hydrogen (secondary N) is 2. The summed E-state index contributed by atoms with van der Waals surface area (Å²) >= 11 is 5.64. The molecule has 1 fully saturated rings. The molecule has 7 heteroatoms. The summed E-state index contributed by atoms with van der Waals surface area (Å²) in [6.45, 7) is 3.32. The van der Waals surface area contributed by atoms with Crippen LogP contribution in [0, 0.1) is 0 Å². The number of nitrogens with zero attached hydrogens (tertiary/aromatic N) is 2. The Balaban J connectivity index is 1.71. The van der Waals surface area contributed by atoms with Crippen molar-refractivity contribution in [3.05, 3.63) is 45.8 Å². The number of halogens is 1. The minimum absolute atomic E-state index is 0.0724. The lowest BCUT2D eigenvalue weighted by atomic mass is 10.2. The zero-order valence-electron chi connectivity index (χ0n) is 11.3. The molecule has 0 radical (unpaired) electrons. The van der Waals surface area contributed by atoms with Crippen LogP contribution in [-0.4, -0.2) is 36.3 Å². The maximum absolute atomic E-state index is 11.4. The number of H-pyrrole nitrogens is 1. The van der Waals surface area contributed by atoms with E-state index in [4.69, 9.17) is 16.3 Å². The molecule has 0 aliphatic carbocycles. The SMILES string of the molecule is O=c1[nH]c(Nc2ccc(N3CCOCC3)cc2)ncc1Cl. The molecule has 1 saturated heterocycles. The number of anilines is 3. The van der Waals surface area contributed by atoms with Crippen molar-refractivity contribution in [2.24, 2.45) is 0 Å². The van der Waals surface area contributed by atoms with Gasteiger partial charge in [-0.3, -0.25) is 9.78 Å². The van der Waals surface area contributed by atoms with Gasteiger partial charge in [0.05, 0.1) is 19.4 Å². The molecule has 0 bridgehead atoms. The second kappa shape index (κ2) is 6.15. The third-order valence-corrected chi connectivity index (χ3v) is 3.53. The van der Waals surface area contributed by atoms with Crippen LogP contribution in [0.1, 0.15) is 0 Å². The van der Waals surface area contributed by atoms with Crippen molar-refractivity contribution in [3.63, 3.8) is 0 Å². The first kappa shape index (κ1) is 13.9. The number of morpholine rings is 1. The number of hydrogen-bond donors (Lipinski definition) is 2. The Morgan fingerprint density at radius 1 is 1.24 bits per heavy atom. The van der Waals surface area contributed by atoms with E-state index in [0.717, 1.165) is 37.7 Å². The number of aromatic amines is 1. The van der Waals surface area contributed by atoms with E-state index in [0.29, 0.717) is 5.95 Å². The second-order valence-corrected chi connectivity index (χ2v) is 5.09. The minimum Gasteiger partial charge on any atom is -0.378 e. The Hall–Kier alpha value is -2.05. The first-order chi connectivity index (χ1) is 10.2. The summed E-state index contributed by atoms with van der Waals surface area (Å²) in [5.74, 6) is 0.364. The van der Waals surface area contributed by atoms with Gasteiger partial charge in [0.15, 0.2) is 0 Å².